The Hall–Kier alpha value is -1.82. The van der Waals surface area contributed by atoms with Crippen molar-refractivity contribution in [3.63, 3.8) is 0 Å². The van der Waals surface area contributed by atoms with Gasteiger partial charge in [0.15, 0.2) is 0 Å². The third-order valence-electron chi connectivity index (χ3n) is 3.57. The minimum absolute atomic E-state index is 0.142. The average Bonchev–Trinajstić information content (AvgIpc) is 2.86. The average molecular weight is 290 g/mol. The second kappa shape index (κ2) is 5.28. The summed E-state index contributed by atoms with van der Waals surface area (Å²) in [6.07, 6.45) is 0.643. The summed E-state index contributed by atoms with van der Waals surface area (Å²) in [4.78, 5) is 36.2. The van der Waals surface area contributed by atoms with Gasteiger partial charge in [-0.2, -0.15) is 0 Å². The molecule has 1 aromatic carbocycles. The zero-order valence-corrected chi connectivity index (χ0v) is 11.5. The first-order valence-electron chi connectivity index (χ1n) is 6.51. The van der Waals surface area contributed by atoms with Gasteiger partial charge in [0.05, 0.1) is 5.92 Å². The van der Waals surface area contributed by atoms with Crippen molar-refractivity contribution in [3.05, 3.63) is 29.8 Å². The van der Waals surface area contributed by atoms with Crippen LogP contribution in [0.2, 0.25) is 0 Å². The molecule has 0 bridgehead atoms. The van der Waals surface area contributed by atoms with Crippen molar-refractivity contribution in [1.82, 2.24) is 10.6 Å². The monoisotopic (exact) mass is 290 g/mol. The highest BCUT2D eigenvalue weighted by molar-refractivity contribution is 7.99. The van der Waals surface area contributed by atoms with Crippen molar-refractivity contribution in [2.24, 2.45) is 0 Å². The quantitative estimate of drug-likeness (QED) is 0.790. The summed E-state index contributed by atoms with van der Waals surface area (Å²) in [5.41, 5.74) is 1.02. The molecule has 1 aromatic rings. The number of amides is 3. The molecule has 2 aliphatic rings. The highest BCUT2D eigenvalue weighted by Crippen LogP contribution is 2.39. The molecule has 0 radical (unpaired) electrons. The van der Waals surface area contributed by atoms with Gasteiger partial charge in [0.25, 0.3) is 0 Å². The topological polar surface area (TPSA) is 75.3 Å². The number of imide groups is 1. The molecule has 2 N–H and O–H groups in total. The minimum Gasteiger partial charge on any atom is -0.344 e. The van der Waals surface area contributed by atoms with Crippen LogP contribution in [0.5, 0.6) is 0 Å². The van der Waals surface area contributed by atoms with Gasteiger partial charge in [0.2, 0.25) is 17.7 Å². The fraction of sp³-hybridized carbons (Fsp3) is 0.357. The van der Waals surface area contributed by atoms with Crippen LogP contribution in [-0.4, -0.2) is 29.5 Å². The summed E-state index contributed by atoms with van der Waals surface area (Å²) in [5.74, 6) is -0.354. The van der Waals surface area contributed by atoms with Crippen LogP contribution in [-0.2, 0) is 14.4 Å². The smallest absolute Gasteiger partial charge is 0.249 e. The lowest BCUT2D eigenvalue weighted by Crippen LogP contribution is -2.53. The first-order valence-corrected chi connectivity index (χ1v) is 7.49. The molecular weight excluding hydrogens is 276 g/mol. The van der Waals surface area contributed by atoms with E-state index in [0.29, 0.717) is 12.2 Å². The molecule has 2 atom stereocenters. The number of fused-ring (bicyclic) bond motifs is 1. The standard InChI is InChI=1S/C14H14N2O3S/c17-12-6-5-10(14(19)16-12)15-13(18)9-7-20-11-4-2-1-3-8(9)11/h1-4,9-10H,5-7H2,(H,15,18)(H,16,17,19). The summed E-state index contributed by atoms with van der Waals surface area (Å²) in [6.45, 7) is 0. The fourth-order valence-electron chi connectivity index (χ4n) is 2.48. The van der Waals surface area contributed by atoms with Gasteiger partial charge in [-0.1, -0.05) is 18.2 Å². The van der Waals surface area contributed by atoms with Crippen molar-refractivity contribution in [2.45, 2.75) is 29.7 Å². The SMILES string of the molecule is O=C1CCC(NC(=O)C2CSc3ccccc32)C(=O)N1. The number of thioether (sulfide) groups is 1. The summed E-state index contributed by atoms with van der Waals surface area (Å²) >= 11 is 1.65. The van der Waals surface area contributed by atoms with Crippen molar-refractivity contribution in [1.29, 1.82) is 0 Å². The highest BCUT2D eigenvalue weighted by Gasteiger charge is 2.33. The van der Waals surface area contributed by atoms with Crippen LogP contribution in [0.4, 0.5) is 0 Å². The number of hydrogen-bond acceptors (Lipinski definition) is 4. The molecule has 0 saturated carbocycles. The van der Waals surface area contributed by atoms with Crippen LogP contribution >= 0.6 is 11.8 Å². The molecule has 5 nitrogen and oxygen atoms in total. The Labute approximate surface area is 120 Å². The fourth-order valence-corrected chi connectivity index (χ4v) is 3.71. The maximum absolute atomic E-state index is 12.3. The maximum atomic E-state index is 12.3. The van der Waals surface area contributed by atoms with Gasteiger partial charge in [-0.15, -0.1) is 11.8 Å². The lowest BCUT2D eigenvalue weighted by atomic mass is 9.99. The zero-order valence-electron chi connectivity index (χ0n) is 10.7. The van der Waals surface area contributed by atoms with Gasteiger partial charge in [-0.05, 0) is 18.1 Å². The predicted molar refractivity (Wildman–Crippen MR) is 74.2 cm³/mol. The van der Waals surface area contributed by atoms with Crippen LogP contribution in [0.1, 0.15) is 24.3 Å². The van der Waals surface area contributed by atoms with E-state index in [4.69, 9.17) is 0 Å². The van der Waals surface area contributed by atoms with Gasteiger partial charge in [0, 0.05) is 17.1 Å². The van der Waals surface area contributed by atoms with E-state index in [-0.39, 0.29) is 24.2 Å². The third-order valence-corrected chi connectivity index (χ3v) is 4.75. The number of hydrogen-bond donors (Lipinski definition) is 2. The Morgan fingerprint density at radius 3 is 2.90 bits per heavy atom. The molecule has 3 amide bonds. The normalized spacial score (nSPS) is 25.0. The molecular formula is C14H14N2O3S. The Morgan fingerprint density at radius 2 is 2.10 bits per heavy atom. The van der Waals surface area contributed by atoms with Crippen LogP contribution in [0, 0.1) is 0 Å². The molecule has 1 saturated heterocycles. The number of rotatable bonds is 2. The van der Waals surface area contributed by atoms with Crippen molar-refractivity contribution >= 4 is 29.5 Å². The number of carbonyl (C=O) groups excluding carboxylic acids is 3. The zero-order chi connectivity index (χ0) is 14.1. The Morgan fingerprint density at radius 1 is 1.30 bits per heavy atom. The molecule has 3 rings (SSSR count). The summed E-state index contributed by atoms with van der Waals surface area (Å²) in [7, 11) is 0. The minimum atomic E-state index is -0.599. The van der Waals surface area contributed by atoms with E-state index in [2.05, 4.69) is 10.6 Å². The molecule has 104 valence electrons. The molecule has 0 spiro atoms. The molecule has 0 aliphatic carbocycles. The van der Waals surface area contributed by atoms with Crippen molar-refractivity contribution < 1.29 is 14.4 Å². The Balaban J connectivity index is 1.69. The first kappa shape index (κ1) is 13.2. The predicted octanol–water partition coefficient (Wildman–Crippen LogP) is 0.797. The largest absolute Gasteiger partial charge is 0.344 e. The molecule has 6 heteroatoms. The molecule has 0 aromatic heterocycles. The Kier molecular flexibility index (Phi) is 3.48. The van der Waals surface area contributed by atoms with Gasteiger partial charge >= 0.3 is 0 Å². The molecule has 2 unspecified atom stereocenters. The summed E-state index contributed by atoms with van der Waals surface area (Å²) < 4.78 is 0. The van der Waals surface area contributed by atoms with Crippen LogP contribution in [0.3, 0.4) is 0 Å². The molecule has 20 heavy (non-hydrogen) atoms. The number of piperidine rings is 1. The van der Waals surface area contributed by atoms with Gasteiger partial charge in [0.1, 0.15) is 6.04 Å². The van der Waals surface area contributed by atoms with E-state index in [1.807, 2.05) is 24.3 Å². The van der Waals surface area contributed by atoms with E-state index in [0.717, 1.165) is 10.5 Å². The van der Waals surface area contributed by atoms with Crippen LogP contribution in [0.25, 0.3) is 0 Å². The molecule has 2 heterocycles. The van der Waals surface area contributed by atoms with Gasteiger partial charge < -0.3 is 5.32 Å². The second-order valence-corrected chi connectivity index (χ2v) is 5.98. The van der Waals surface area contributed by atoms with E-state index in [1.54, 1.807) is 11.8 Å². The Bertz CT molecular complexity index is 588. The van der Waals surface area contributed by atoms with Crippen molar-refractivity contribution in [2.75, 3.05) is 5.75 Å². The van der Waals surface area contributed by atoms with E-state index in [1.165, 1.54) is 0 Å². The van der Waals surface area contributed by atoms with Gasteiger partial charge in [-0.25, -0.2) is 0 Å². The number of benzene rings is 1. The summed E-state index contributed by atoms with van der Waals surface area (Å²) in [6, 6.07) is 7.21. The number of carbonyl (C=O) groups is 3. The van der Waals surface area contributed by atoms with E-state index in [9.17, 15) is 14.4 Å². The lowest BCUT2D eigenvalue weighted by molar-refractivity contribution is -0.137. The third kappa shape index (κ3) is 2.43. The first-order chi connectivity index (χ1) is 9.65. The number of nitrogens with one attached hydrogen (secondary N) is 2. The highest BCUT2D eigenvalue weighted by atomic mass is 32.2. The molecule has 1 fully saturated rings. The summed E-state index contributed by atoms with van der Waals surface area (Å²) in [5, 5.41) is 5.00. The van der Waals surface area contributed by atoms with Crippen LogP contribution in [0.15, 0.2) is 29.2 Å². The van der Waals surface area contributed by atoms with E-state index >= 15 is 0 Å². The van der Waals surface area contributed by atoms with Crippen molar-refractivity contribution in [3.8, 4) is 0 Å². The maximum Gasteiger partial charge on any atom is 0.249 e. The second-order valence-electron chi connectivity index (χ2n) is 4.91. The van der Waals surface area contributed by atoms with Gasteiger partial charge in [-0.3, -0.25) is 19.7 Å². The van der Waals surface area contributed by atoms with E-state index < -0.39 is 11.9 Å². The molecule has 2 aliphatic heterocycles. The lowest BCUT2D eigenvalue weighted by Gasteiger charge is -2.23. The van der Waals surface area contributed by atoms with Crippen LogP contribution < -0.4 is 10.6 Å².